The lowest BCUT2D eigenvalue weighted by Gasteiger charge is -2.05. The topological polar surface area (TPSA) is 74.8 Å². The van der Waals surface area contributed by atoms with Crippen LogP contribution in [0, 0.1) is 6.92 Å². The maximum atomic E-state index is 11.4. The second-order valence-corrected chi connectivity index (χ2v) is 6.80. The molecule has 2 N–H and O–H groups in total. The van der Waals surface area contributed by atoms with Gasteiger partial charge >= 0.3 is 5.97 Å². The summed E-state index contributed by atoms with van der Waals surface area (Å²) in [6.07, 6.45) is 1.52. The molecule has 5 nitrogen and oxygen atoms in total. The number of carboxylic acids is 1. The summed E-state index contributed by atoms with van der Waals surface area (Å²) in [6, 6.07) is 13.9. The Bertz CT molecular complexity index is 998. The van der Waals surface area contributed by atoms with E-state index in [1.54, 1.807) is 24.3 Å². The zero-order valence-corrected chi connectivity index (χ0v) is 16.0. The van der Waals surface area contributed by atoms with Crippen molar-refractivity contribution in [1.29, 1.82) is 0 Å². The lowest BCUT2D eigenvalue weighted by molar-refractivity contribution is 0.0697. The van der Waals surface area contributed by atoms with Crippen molar-refractivity contribution in [3.05, 3.63) is 74.9 Å². The highest BCUT2D eigenvalue weighted by Gasteiger charge is 2.15. The molecule has 3 rings (SSSR count). The Morgan fingerprint density at radius 1 is 1.27 bits per heavy atom. The van der Waals surface area contributed by atoms with E-state index in [4.69, 9.17) is 16.0 Å². The fourth-order valence-electron chi connectivity index (χ4n) is 2.37. The summed E-state index contributed by atoms with van der Waals surface area (Å²) in [5.74, 6) is -0.0762. The first kappa shape index (κ1) is 18.2. The molecule has 0 bridgehead atoms. The first-order valence-corrected chi connectivity index (χ1v) is 8.80. The van der Waals surface area contributed by atoms with Crippen molar-refractivity contribution < 1.29 is 14.3 Å². The minimum absolute atomic E-state index is 0.157. The zero-order chi connectivity index (χ0) is 18.7. The van der Waals surface area contributed by atoms with Crippen LogP contribution in [0.5, 0.6) is 0 Å². The number of hydrogen-bond donors (Lipinski definition) is 2. The van der Waals surface area contributed by atoms with E-state index in [-0.39, 0.29) is 5.56 Å². The number of carbonyl (C=O) groups is 1. The number of benzene rings is 2. The molecule has 0 unspecified atom stereocenters. The number of aromatic carboxylic acids is 1. The number of carboxylic acid groups (broad SMARTS) is 1. The lowest BCUT2D eigenvalue weighted by atomic mass is 10.1. The molecule has 0 aliphatic heterocycles. The van der Waals surface area contributed by atoms with Crippen molar-refractivity contribution in [2.24, 2.45) is 5.10 Å². The molecule has 1 aromatic heterocycles. The minimum atomic E-state index is -1.02. The summed E-state index contributed by atoms with van der Waals surface area (Å²) < 4.78 is 6.39. The van der Waals surface area contributed by atoms with Crippen LogP contribution in [0.2, 0.25) is 5.02 Å². The molecular formula is C19H14BrClN2O3. The molecule has 132 valence electrons. The number of furan rings is 1. The fraction of sp³-hybridized carbons (Fsp3) is 0.0526. The van der Waals surface area contributed by atoms with Gasteiger partial charge in [-0.1, -0.05) is 33.6 Å². The van der Waals surface area contributed by atoms with E-state index in [1.165, 1.54) is 12.3 Å². The quantitative estimate of drug-likeness (QED) is 0.393. The van der Waals surface area contributed by atoms with Crippen LogP contribution < -0.4 is 5.43 Å². The average Bonchev–Trinajstić information content (AvgIpc) is 3.07. The Morgan fingerprint density at radius 2 is 2.08 bits per heavy atom. The standard InChI is InChI=1S/C19H14BrClN2O3/c1-11-16(21)3-2-4-17(11)23-22-10-13-6-8-18(26-13)14-7-5-12(20)9-15(14)19(24)25/h2-10,23H,1H3,(H,24,25). The number of nitrogens with zero attached hydrogens (tertiary/aromatic N) is 1. The van der Waals surface area contributed by atoms with Gasteiger partial charge in [0.25, 0.3) is 0 Å². The minimum Gasteiger partial charge on any atom is -0.478 e. The molecule has 3 aromatic rings. The normalized spacial score (nSPS) is 11.0. The van der Waals surface area contributed by atoms with Crippen molar-refractivity contribution in [2.75, 3.05) is 5.43 Å². The molecule has 0 saturated heterocycles. The lowest BCUT2D eigenvalue weighted by Crippen LogP contribution is -1.99. The molecule has 0 atom stereocenters. The number of rotatable bonds is 5. The Balaban J connectivity index is 1.80. The Hall–Kier alpha value is -2.57. The van der Waals surface area contributed by atoms with E-state index in [2.05, 4.69) is 26.5 Å². The molecule has 1 heterocycles. The fourth-order valence-corrected chi connectivity index (χ4v) is 2.90. The largest absolute Gasteiger partial charge is 0.478 e. The number of nitrogens with one attached hydrogen (secondary N) is 1. The molecule has 26 heavy (non-hydrogen) atoms. The molecule has 2 aromatic carbocycles. The van der Waals surface area contributed by atoms with Crippen LogP contribution in [-0.2, 0) is 0 Å². The number of hydrazone groups is 1. The van der Waals surface area contributed by atoms with Crippen LogP contribution in [0.3, 0.4) is 0 Å². The maximum absolute atomic E-state index is 11.4. The molecule has 0 fully saturated rings. The van der Waals surface area contributed by atoms with Gasteiger partial charge in [0.05, 0.1) is 17.5 Å². The third-order valence-electron chi connectivity index (χ3n) is 3.75. The summed E-state index contributed by atoms with van der Waals surface area (Å²) >= 11 is 9.35. The number of hydrogen-bond acceptors (Lipinski definition) is 4. The summed E-state index contributed by atoms with van der Waals surface area (Å²) in [4.78, 5) is 11.4. The van der Waals surface area contributed by atoms with Crippen molar-refractivity contribution in [1.82, 2.24) is 0 Å². The van der Waals surface area contributed by atoms with Gasteiger partial charge in [-0.15, -0.1) is 0 Å². The van der Waals surface area contributed by atoms with Crippen molar-refractivity contribution in [2.45, 2.75) is 6.92 Å². The second kappa shape index (κ2) is 7.76. The molecule has 0 saturated carbocycles. The highest BCUT2D eigenvalue weighted by Crippen LogP contribution is 2.28. The average molecular weight is 434 g/mol. The van der Waals surface area contributed by atoms with Gasteiger partial charge < -0.3 is 9.52 Å². The summed E-state index contributed by atoms with van der Waals surface area (Å²) in [6.45, 7) is 1.89. The maximum Gasteiger partial charge on any atom is 0.336 e. The van der Waals surface area contributed by atoms with E-state index >= 15 is 0 Å². The summed E-state index contributed by atoms with van der Waals surface area (Å²) in [7, 11) is 0. The van der Waals surface area contributed by atoms with Gasteiger partial charge in [-0.05, 0) is 55.0 Å². The van der Waals surface area contributed by atoms with Gasteiger partial charge in [0.2, 0.25) is 0 Å². The van der Waals surface area contributed by atoms with Gasteiger partial charge in [-0.25, -0.2) is 4.79 Å². The van der Waals surface area contributed by atoms with Gasteiger partial charge in [0, 0.05) is 15.1 Å². The third-order valence-corrected chi connectivity index (χ3v) is 4.65. The van der Waals surface area contributed by atoms with Crippen LogP contribution in [0.4, 0.5) is 5.69 Å². The Morgan fingerprint density at radius 3 is 2.85 bits per heavy atom. The Labute approximate surface area is 163 Å². The number of anilines is 1. The molecule has 0 spiro atoms. The Kier molecular flexibility index (Phi) is 5.44. The van der Waals surface area contributed by atoms with Crippen LogP contribution in [-0.4, -0.2) is 17.3 Å². The first-order chi connectivity index (χ1) is 12.5. The van der Waals surface area contributed by atoms with E-state index in [0.29, 0.717) is 26.6 Å². The molecule has 0 radical (unpaired) electrons. The van der Waals surface area contributed by atoms with Gasteiger partial charge in [-0.3, -0.25) is 5.43 Å². The summed E-state index contributed by atoms with van der Waals surface area (Å²) in [5, 5.41) is 14.2. The van der Waals surface area contributed by atoms with Crippen LogP contribution in [0.25, 0.3) is 11.3 Å². The monoisotopic (exact) mass is 432 g/mol. The van der Waals surface area contributed by atoms with Crippen LogP contribution in [0.1, 0.15) is 21.7 Å². The van der Waals surface area contributed by atoms with E-state index < -0.39 is 5.97 Å². The SMILES string of the molecule is Cc1c(Cl)cccc1NN=Cc1ccc(-c2ccc(Br)cc2C(=O)O)o1. The van der Waals surface area contributed by atoms with Crippen LogP contribution >= 0.6 is 27.5 Å². The van der Waals surface area contributed by atoms with Crippen molar-refractivity contribution in [3.63, 3.8) is 0 Å². The van der Waals surface area contributed by atoms with Crippen LogP contribution in [0.15, 0.2) is 62.5 Å². The predicted octanol–water partition coefficient (Wildman–Crippen LogP) is 5.82. The second-order valence-electron chi connectivity index (χ2n) is 5.48. The summed E-state index contributed by atoms with van der Waals surface area (Å²) in [5.41, 5.74) is 5.26. The van der Waals surface area contributed by atoms with Crippen molar-refractivity contribution >= 4 is 45.4 Å². The molecule has 0 aliphatic rings. The van der Waals surface area contributed by atoms with E-state index in [1.807, 2.05) is 25.1 Å². The molecule has 0 aliphatic carbocycles. The first-order valence-electron chi connectivity index (χ1n) is 7.63. The zero-order valence-electron chi connectivity index (χ0n) is 13.7. The molecule has 7 heteroatoms. The predicted molar refractivity (Wildman–Crippen MR) is 106 cm³/mol. The van der Waals surface area contributed by atoms with Gasteiger partial charge in [-0.2, -0.15) is 5.10 Å². The van der Waals surface area contributed by atoms with Crippen molar-refractivity contribution in [3.8, 4) is 11.3 Å². The highest BCUT2D eigenvalue weighted by molar-refractivity contribution is 9.10. The van der Waals surface area contributed by atoms with Gasteiger partial charge in [0.15, 0.2) is 0 Å². The number of halogens is 2. The highest BCUT2D eigenvalue weighted by atomic mass is 79.9. The molecular weight excluding hydrogens is 420 g/mol. The third kappa shape index (κ3) is 3.98. The van der Waals surface area contributed by atoms with Gasteiger partial charge in [0.1, 0.15) is 11.5 Å². The van der Waals surface area contributed by atoms with E-state index in [9.17, 15) is 9.90 Å². The molecule has 0 amide bonds. The van der Waals surface area contributed by atoms with E-state index in [0.717, 1.165) is 11.3 Å². The smallest absolute Gasteiger partial charge is 0.336 e.